The standard InChI is InChI=1S/C18H30FN/c1-4-5-6-7-8-9-10-14-17(20-3)16-13-11-12-15(2)18(16)19/h11-13,17,20H,4-10,14H2,1-3H3. The molecule has 0 heterocycles. The molecule has 20 heavy (non-hydrogen) atoms. The summed E-state index contributed by atoms with van der Waals surface area (Å²) in [6.45, 7) is 4.08. The average Bonchev–Trinajstić information content (AvgIpc) is 2.46. The van der Waals surface area contributed by atoms with Gasteiger partial charge in [0.2, 0.25) is 0 Å². The Bertz CT molecular complexity index is 376. The van der Waals surface area contributed by atoms with Crippen LogP contribution >= 0.6 is 0 Å². The lowest BCUT2D eigenvalue weighted by atomic mass is 9.97. The molecular formula is C18H30FN. The van der Waals surface area contributed by atoms with Gasteiger partial charge in [0.1, 0.15) is 5.82 Å². The van der Waals surface area contributed by atoms with Crippen molar-refractivity contribution in [1.82, 2.24) is 5.32 Å². The molecule has 1 rings (SSSR count). The van der Waals surface area contributed by atoms with Crippen LogP contribution < -0.4 is 5.32 Å². The molecule has 0 saturated carbocycles. The zero-order valence-corrected chi connectivity index (χ0v) is 13.3. The number of aryl methyl sites for hydroxylation is 1. The van der Waals surface area contributed by atoms with Crippen LogP contribution in [0, 0.1) is 12.7 Å². The van der Waals surface area contributed by atoms with Crippen LogP contribution in [-0.2, 0) is 0 Å². The number of rotatable bonds is 10. The minimum Gasteiger partial charge on any atom is -0.313 e. The molecule has 2 heteroatoms. The van der Waals surface area contributed by atoms with Gasteiger partial charge in [-0.3, -0.25) is 0 Å². The summed E-state index contributed by atoms with van der Waals surface area (Å²) in [6, 6.07) is 5.83. The molecule has 1 N–H and O–H groups in total. The van der Waals surface area contributed by atoms with Crippen molar-refractivity contribution in [2.75, 3.05) is 7.05 Å². The van der Waals surface area contributed by atoms with Gasteiger partial charge in [-0.25, -0.2) is 4.39 Å². The van der Waals surface area contributed by atoms with Crippen LogP contribution in [0.4, 0.5) is 4.39 Å². The maximum absolute atomic E-state index is 14.1. The second-order valence-electron chi connectivity index (χ2n) is 5.73. The fraction of sp³-hybridized carbons (Fsp3) is 0.667. The first kappa shape index (κ1) is 17.2. The van der Waals surface area contributed by atoms with E-state index in [-0.39, 0.29) is 11.9 Å². The molecule has 0 aliphatic carbocycles. The van der Waals surface area contributed by atoms with Crippen molar-refractivity contribution in [3.63, 3.8) is 0 Å². The second kappa shape index (κ2) is 9.93. The molecule has 1 aromatic rings. The molecule has 0 bridgehead atoms. The smallest absolute Gasteiger partial charge is 0.130 e. The highest BCUT2D eigenvalue weighted by atomic mass is 19.1. The monoisotopic (exact) mass is 279 g/mol. The summed E-state index contributed by atoms with van der Waals surface area (Å²) in [5.41, 5.74) is 1.56. The van der Waals surface area contributed by atoms with E-state index in [9.17, 15) is 4.39 Å². The van der Waals surface area contributed by atoms with E-state index < -0.39 is 0 Å². The van der Waals surface area contributed by atoms with Crippen LogP contribution in [0.15, 0.2) is 18.2 Å². The van der Waals surface area contributed by atoms with Crippen molar-refractivity contribution < 1.29 is 4.39 Å². The number of hydrogen-bond donors (Lipinski definition) is 1. The molecule has 0 aliphatic heterocycles. The molecule has 0 aromatic heterocycles. The molecule has 0 radical (unpaired) electrons. The predicted molar refractivity (Wildman–Crippen MR) is 85.5 cm³/mol. The first-order valence-corrected chi connectivity index (χ1v) is 8.13. The Hall–Kier alpha value is -0.890. The van der Waals surface area contributed by atoms with Gasteiger partial charge in [0.25, 0.3) is 0 Å². The van der Waals surface area contributed by atoms with Gasteiger partial charge in [0.05, 0.1) is 0 Å². The van der Waals surface area contributed by atoms with Gasteiger partial charge >= 0.3 is 0 Å². The molecule has 1 aromatic carbocycles. The summed E-state index contributed by atoms with van der Waals surface area (Å²) >= 11 is 0. The lowest BCUT2D eigenvalue weighted by molar-refractivity contribution is 0.473. The molecule has 0 aliphatic rings. The molecular weight excluding hydrogens is 249 g/mol. The Labute approximate surface area is 124 Å². The lowest BCUT2D eigenvalue weighted by Crippen LogP contribution is -2.18. The highest BCUT2D eigenvalue weighted by Gasteiger charge is 2.14. The Kier molecular flexibility index (Phi) is 8.52. The van der Waals surface area contributed by atoms with Gasteiger partial charge in [-0.15, -0.1) is 0 Å². The number of unbranched alkanes of at least 4 members (excludes halogenated alkanes) is 6. The Morgan fingerprint density at radius 2 is 1.70 bits per heavy atom. The minimum atomic E-state index is -0.0465. The first-order valence-electron chi connectivity index (χ1n) is 8.13. The second-order valence-corrected chi connectivity index (χ2v) is 5.73. The molecule has 1 nitrogen and oxygen atoms in total. The van der Waals surface area contributed by atoms with Gasteiger partial charge < -0.3 is 5.32 Å². The van der Waals surface area contributed by atoms with Gasteiger partial charge in [-0.1, -0.05) is 70.1 Å². The molecule has 1 unspecified atom stereocenters. The van der Waals surface area contributed by atoms with Crippen molar-refractivity contribution >= 4 is 0 Å². The fourth-order valence-electron chi connectivity index (χ4n) is 2.70. The molecule has 1 atom stereocenters. The van der Waals surface area contributed by atoms with Crippen LogP contribution in [-0.4, -0.2) is 7.05 Å². The molecule has 0 saturated heterocycles. The highest BCUT2D eigenvalue weighted by Crippen LogP contribution is 2.24. The van der Waals surface area contributed by atoms with E-state index >= 15 is 0 Å². The molecule has 0 spiro atoms. The molecule has 0 amide bonds. The third kappa shape index (κ3) is 5.62. The van der Waals surface area contributed by atoms with E-state index in [1.807, 2.05) is 32.2 Å². The summed E-state index contributed by atoms with van der Waals surface area (Å²) in [4.78, 5) is 0. The van der Waals surface area contributed by atoms with Crippen LogP contribution in [0.3, 0.4) is 0 Å². The van der Waals surface area contributed by atoms with Gasteiger partial charge in [0, 0.05) is 11.6 Å². The van der Waals surface area contributed by atoms with Crippen LogP contribution in [0.25, 0.3) is 0 Å². The van der Waals surface area contributed by atoms with Crippen molar-refractivity contribution in [3.8, 4) is 0 Å². The van der Waals surface area contributed by atoms with E-state index in [4.69, 9.17) is 0 Å². The Morgan fingerprint density at radius 3 is 2.35 bits per heavy atom. The third-order valence-electron chi connectivity index (χ3n) is 4.04. The number of nitrogens with one attached hydrogen (secondary N) is 1. The third-order valence-corrected chi connectivity index (χ3v) is 4.04. The maximum atomic E-state index is 14.1. The van der Waals surface area contributed by atoms with Crippen LogP contribution in [0.1, 0.15) is 75.5 Å². The molecule has 114 valence electrons. The molecule has 0 fully saturated rings. The lowest BCUT2D eigenvalue weighted by Gasteiger charge is -2.18. The van der Waals surface area contributed by atoms with Crippen LogP contribution in [0.5, 0.6) is 0 Å². The number of halogens is 1. The zero-order chi connectivity index (χ0) is 14.8. The summed E-state index contributed by atoms with van der Waals surface area (Å²) < 4.78 is 14.1. The maximum Gasteiger partial charge on any atom is 0.130 e. The fourth-order valence-corrected chi connectivity index (χ4v) is 2.70. The topological polar surface area (TPSA) is 12.0 Å². The summed E-state index contributed by atoms with van der Waals surface area (Å²) in [7, 11) is 1.92. The zero-order valence-electron chi connectivity index (χ0n) is 13.3. The van der Waals surface area contributed by atoms with E-state index in [2.05, 4.69) is 12.2 Å². The van der Waals surface area contributed by atoms with Crippen molar-refractivity contribution in [2.45, 2.75) is 71.3 Å². The predicted octanol–water partition coefficient (Wildman–Crippen LogP) is 5.54. The normalized spacial score (nSPS) is 12.6. The van der Waals surface area contributed by atoms with Crippen molar-refractivity contribution in [3.05, 3.63) is 35.1 Å². The Morgan fingerprint density at radius 1 is 1.05 bits per heavy atom. The SMILES string of the molecule is CCCCCCCCCC(NC)c1cccc(C)c1F. The van der Waals surface area contributed by atoms with E-state index in [1.54, 1.807) is 0 Å². The van der Waals surface area contributed by atoms with E-state index in [1.165, 1.54) is 44.9 Å². The quantitative estimate of drug-likeness (QED) is 0.555. The largest absolute Gasteiger partial charge is 0.313 e. The first-order chi connectivity index (χ1) is 9.70. The van der Waals surface area contributed by atoms with Gasteiger partial charge in [-0.2, -0.15) is 0 Å². The number of benzene rings is 1. The number of hydrogen-bond acceptors (Lipinski definition) is 1. The minimum absolute atomic E-state index is 0.0465. The summed E-state index contributed by atoms with van der Waals surface area (Å²) in [5.74, 6) is -0.0465. The average molecular weight is 279 g/mol. The highest BCUT2D eigenvalue weighted by molar-refractivity contribution is 5.27. The van der Waals surface area contributed by atoms with Gasteiger partial charge in [0.15, 0.2) is 0 Å². The Balaban J connectivity index is 2.34. The van der Waals surface area contributed by atoms with Crippen molar-refractivity contribution in [1.29, 1.82) is 0 Å². The summed E-state index contributed by atoms with van der Waals surface area (Å²) in [6.07, 6.45) is 10.1. The van der Waals surface area contributed by atoms with E-state index in [0.29, 0.717) is 0 Å². The van der Waals surface area contributed by atoms with Crippen LogP contribution in [0.2, 0.25) is 0 Å². The van der Waals surface area contributed by atoms with Crippen molar-refractivity contribution in [2.24, 2.45) is 0 Å². The van der Waals surface area contributed by atoms with Gasteiger partial charge in [-0.05, 0) is 26.0 Å². The van der Waals surface area contributed by atoms with E-state index in [0.717, 1.165) is 17.5 Å². The summed E-state index contributed by atoms with van der Waals surface area (Å²) in [5, 5.41) is 3.26.